The van der Waals surface area contributed by atoms with Gasteiger partial charge in [0.05, 0.1) is 12.7 Å². The number of rotatable bonds is 12. The molecule has 0 saturated carbocycles. The SMILES string of the molecule is CC(C)=CCC(O)C(=CCCC(C)=CCCC(C)=CCc1cc(O)cc(C)c1O)CO. The molecule has 1 rings (SSSR count). The Morgan fingerprint density at radius 2 is 1.52 bits per heavy atom. The number of phenolic OH excluding ortho intramolecular Hbond substituents is 2. The molecule has 0 amide bonds. The Balaban J connectivity index is 2.50. The van der Waals surface area contributed by atoms with Crippen LogP contribution in [0, 0.1) is 6.92 Å². The Hall–Kier alpha value is -2.30. The molecule has 1 unspecified atom stereocenters. The van der Waals surface area contributed by atoms with Crippen molar-refractivity contribution in [2.75, 3.05) is 6.61 Å². The molecule has 0 aliphatic rings. The fraction of sp³-hybridized carbons (Fsp3) is 0.481. The maximum Gasteiger partial charge on any atom is 0.122 e. The molecule has 172 valence electrons. The maximum absolute atomic E-state index is 10.2. The molecule has 0 aliphatic carbocycles. The standard InChI is InChI=1S/C27H40O4/c1-19(2)12-15-26(30)24(18-28)11-7-10-20(3)8-6-9-21(4)13-14-23-17-25(29)16-22(5)27(23)31/h8,11-13,16-17,26,28-31H,6-7,9-10,14-15,18H2,1-5H3. The van der Waals surface area contributed by atoms with Crippen LogP contribution in [-0.4, -0.2) is 33.1 Å². The molecule has 4 N–H and O–H groups in total. The molecule has 4 heteroatoms. The van der Waals surface area contributed by atoms with Crippen LogP contribution in [0.25, 0.3) is 0 Å². The summed E-state index contributed by atoms with van der Waals surface area (Å²) in [6.07, 6.45) is 12.4. The zero-order valence-corrected chi connectivity index (χ0v) is 19.8. The van der Waals surface area contributed by atoms with Gasteiger partial charge in [-0.1, -0.05) is 41.0 Å². The Morgan fingerprint density at radius 3 is 2.13 bits per heavy atom. The normalized spacial score (nSPS) is 14.0. The topological polar surface area (TPSA) is 80.9 Å². The average molecular weight is 429 g/mol. The maximum atomic E-state index is 10.2. The molecule has 0 aliphatic heterocycles. The van der Waals surface area contributed by atoms with Crippen LogP contribution in [0.1, 0.15) is 70.9 Å². The van der Waals surface area contributed by atoms with Crippen LogP contribution in [0.3, 0.4) is 0 Å². The first kappa shape index (κ1) is 26.7. The lowest BCUT2D eigenvalue weighted by molar-refractivity contribution is 0.189. The summed E-state index contributed by atoms with van der Waals surface area (Å²) in [7, 11) is 0. The summed E-state index contributed by atoms with van der Waals surface area (Å²) in [4.78, 5) is 0. The van der Waals surface area contributed by atoms with Crippen LogP contribution in [-0.2, 0) is 6.42 Å². The summed E-state index contributed by atoms with van der Waals surface area (Å²) in [5.74, 6) is 0.427. The number of aliphatic hydroxyl groups excluding tert-OH is 2. The van der Waals surface area contributed by atoms with Crippen LogP contribution in [0.15, 0.2) is 58.7 Å². The van der Waals surface area contributed by atoms with E-state index in [1.54, 1.807) is 19.1 Å². The van der Waals surface area contributed by atoms with E-state index in [4.69, 9.17) is 0 Å². The number of aryl methyl sites for hydroxylation is 1. The molecule has 0 bridgehead atoms. The minimum atomic E-state index is -0.619. The highest BCUT2D eigenvalue weighted by atomic mass is 16.3. The third-order valence-corrected chi connectivity index (χ3v) is 5.37. The molecule has 0 fully saturated rings. The van der Waals surface area contributed by atoms with Gasteiger partial charge in [0.25, 0.3) is 0 Å². The van der Waals surface area contributed by atoms with Crippen molar-refractivity contribution >= 4 is 0 Å². The fourth-order valence-corrected chi connectivity index (χ4v) is 3.31. The van der Waals surface area contributed by atoms with Crippen LogP contribution >= 0.6 is 0 Å². The second kappa shape index (κ2) is 13.9. The number of aromatic hydroxyl groups is 2. The van der Waals surface area contributed by atoms with Crippen molar-refractivity contribution in [1.29, 1.82) is 0 Å². The Labute approximate surface area is 188 Å². The smallest absolute Gasteiger partial charge is 0.122 e. The van der Waals surface area contributed by atoms with Crippen molar-refractivity contribution in [3.63, 3.8) is 0 Å². The quantitative estimate of drug-likeness (QED) is 0.242. The highest BCUT2D eigenvalue weighted by molar-refractivity contribution is 5.46. The number of allylic oxidation sites excluding steroid dienone is 6. The fourth-order valence-electron chi connectivity index (χ4n) is 3.31. The minimum Gasteiger partial charge on any atom is -0.508 e. The zero-order chi connectivity index (χ0) is 23.4. The zero-order valence-electron chi connectivity index (χ0n) is 19.8. The van der Waals surface area contributed by atoms with Gasteiger partial charge in [0, 0.05) is 5.56 Å². The molecular formula is C27H40O4. The van der Waals surface area contributed by atoms with Gasteiger partial charge in [0.15, 0.2) is 0 Å². The van der Waals surface area contributed by atoms with Gasteiger partial charge in [0.1, 0.15) is 11.5 Å². The summed E-state index contributed by atoms with van der Waals surface area (Å²) >= 11 is 0. The van der Waals surface area contributed by atoms with Crippen LogP contribution in [0.4, 0.5) is 0 Å². The first-order valence-electron chi connectivity index (χ1n) is 11.1. The molecule has 0 saturated heterocycles. The van der Waals surface area contributed by atoms with E-state index in [2.05, 4.69) is 26.0 Å². The van der Waals surface area contributed by atoms with Crippen molar-refractivity contribution < 1.29 is 20.4 Å². The van der Waals surface area contributed by atoms with Gasteiger partial charge < -0.3 is 20.4 Å². The van der Waals surface area contributed by atoms with Gasteiger partial charge in [0.2, 0.25) is 0 Å². The van der Waals surface area contributed by atoms with E-state index in [0.717, 1.165) is 36.8 Å². The molecule has 1 atom stereocenters. The van der Waals surface area contributed by atoms with E-state index in [1.807, 2.05) is 26.0 Å². The van der Waals surface area contributed by atoms with E-state index in [9.17, 15) is 20.4 Å². The van der Waals surface area contributed by atoms with Gasteiger partial charge in [-0.25, -0.2) is 0 Å². The van der Waals surface area contributed by atoms with Gasteiger partial charge in [-0.3, -0.25) is 0 Å². The summed E-state index contributed by atoms with van der Waals surface area (Å²) < 4.78 is 0. The van der Waals surface area contributed by atoms with Crippen molar-refractivity contribution in [2.45, 2.75) is 79.2 Å². The summed E-state index contributed by atoms with van der Waals surface area (Å²) in [6.45, 7) is 9.86. The highest BCUT2D eigenvalue weighted by Gasteiger charge is 2.08. The molecule has 1 aromatic rings. The largest absolute Gasteiger partial charge is 0.508 e. The Bertz CT molecular complexity index is 824. The molecule has 0 spiro atoms. The summed E-state index contributed by atoms with van der Waals surface area (Å²) in [5, 5.41) is 39.5. The van der Waals surface area contributed by atoms with Crippen molar-refractivity contribution in [3.8, 4) is 11.5 Å². The molecule has 0 aromatic heterocycles. The van der Waals surface area contributed by atoms with E-state index >= 15 is 0 Å². The molecule has 0 heterocycles. The number of hydrogen-bond donors (Lipinski definition) is 4. The number of phenols is 2. The molecule has 0 radical (unpaired) electrons. The third kappa shape index (κ3) is 10.5. The predicted octanol–water partition coefficient (Wildman–Crippen LogP) is 6.04. The molecule has 31 heavy (non-hydrogen) atoms. The third-order valence-electron chi connectivity index (χ3n) is 5.37. The summed E-state index contributed by atoms with van der Waals surface area (Å²) in [6, 6.07) is 3.17. The first-order chi connectivity index (χ1) is 14.6. The van der Waals surface area contributed by atoms with Crippen LogP contribution in [0.5, 0.6) is 11.5 Å². The lowest BCUT2D eigenvalue weighted by atomic mass is 10.0. The minimum absolute atomic E-state index is 0.112. The second-order valence-electron chi connectivity index (χ2n) is 8.62. The highest BCUT2D eigenvalue weighted by Crippen LogP contribution is 2.28. The van der Waals surface area contributed by atoms with Gasteiger partial charge in [-0.05, 0) is 96.4 Å². The van der Waals surface area contributed by atoms with E-state index in [0.29, 0.717) is 24.0 Å². The Kier molecular flexibility index (Phi) is 12.0. The van der Waals surface area contributed by atoms with Crippen molar-refractivity contribution in [2.24, 2.45) is 0 Å². The van der Waals surface area contributed by atoms with Crippen LogP contribution in [0.2, 0.25) is 0 Å². The Morgan fingerprint density at radius 1 is 0.903 bits per heavy atom. The number of hydrogen-bond acceptors (Lipinski definition) is 4. The van der Waals surface area contributed by atoms with E-state index in [1.165, 1.54) is 11.1 Å². The first-order valence-corrected chi connectivity index (χ1v) is 11.1. The lowest BCUT2D eigenvalue weighted by Crippen LogP contribution is -2.12. The predicted molar refractivity (Wildman–Crippen MR) is 129 cm³/mol. The van der Waals surface area contributed by atoms with Crippen molar-refractivity contribution in [3.05, 3.63) is 69.9 Å². The van der Waals surface area contributed by atoms with E-state index < -0.39 is 6.10 Å². The monoisotopic (exact) mass is 428 g/mol. The molecule has 1 aromatic carbocycles. The molecule has 4 nitrogen and oxygen atoms in total. The van der Waals surface area contributed by atoms with Crippen molar-refractivity contribution in [1.82, 2.24) is 0 Å². The number of aliphatic hydroxyl groups is 2. The van der Waals surface area contributed by atoms with Gasteiger partial charge >= 0.3 is 0 Å². The van der Waals surface area contributed by atoms with Crippen LogP contribution < -0.4 is 0 Å². The van der Waals surface area contributed by atoms with E-state index in [-0.39, 0.29) is 18.1 Å². The second-order valence-corrected chi connectivity index (χ2v) is 8.62. The lowest BCUT2D eigenvalue weighted by Gasteiger charge is -2.11. The molecular weight excluding hydrogens is 388 g/mol. The average Bonchev–Trinajstić information content (AvgIpc) is 2.70. The van der Waals surface area contributed by atoms with Gasteiger partial charge in [-0.15, -0.1) is 0 Å². The van der Waals surface area contributed by atoms with Gasteiger partial charge in [-0.2, -0.15) is 0 Å². The number of benzene rings is 1. The summed E-state index contributed by atoms with van der Waals surface area (Å²) in [5.41, 5.74) is 5.81.